The number of H-pyrrole nitrogens is 1. The van der Waals surface area contributed by atoms with Gasteiger partial charge in [-0.05, 0) is 18.2 Å². The SMILES string of the molecule is CC(C)(C)c1cc(=S)nc(CSc2ccccc2)[nH]1. The molecule has 0 aliphatic carbocycles. The van der Waals surface area contributed by atoms with E-state index < -0.39 is 0 Å². The fourth-order valence-electron chi connectivity index (χ4n) is 1.65. The van der Waals surface area contributed by atoms with Crippen LogP contribution in [-0.4, -0.2) is 9.97 Å². The van der Waals surface area contributed by atoms with Crippen molar-refractivity contribution < 1.29 is 0 Å². The van der Waals surface area contributed by atoms with E-state index in [0.717, 1.165) is 17.3 Å². The first-order valence-corrected chi connectivity index (χ1v) is 7.63. The first-order chi connectivity index (χ1) is 8.95. The van der Waals surface area contributed by atoms with E-state index in [1.165, 1.54) is 4.90 Å². The third kappa shape index (κ3) is 4.18. The van der Waals surface area contributed by atoms with Crippen LogP contribution in [0.5, 0.6) is 0 Å². The predicted octanol–water partition coefficient (Wildman–Crippen LogP) is 4.73. The molecule has 1 aromatic carbocycles. The maximum Gasteiger partial charge on any atom is 0.130 e. The van der Waals surface area contributed by atoms with Gasteiger partial charge >= 0.3 is 0 Å². The number of aromatic nitrogens is 2. The van der Waals surface area contributed by atoms with Crippen molar-refractivity contribution >= 4 is 24.0 Å². The molecule has 0 unspecified atom stereocenters. The summed E-state index contributed by atoms with van der Waals surface area (Å²) in [6.45, 7) is 6.51. The lowest BCUT2D eigenvalue weighted by atomic mass is 9.92. The lowest BCUT2D eigenvalue weighted by Gasteiger charge is -2.19. The van der Waals surface area contributed by atoms with Gasteiger partial charge in [0, 0.05) is 16.0 Å². The fourth-order valence-corrected chi connectivity index (χ4v) is 2.67. The molecule has 1 N–H and O–H groups in total. The quantitative estimate of drug-likeness (QED) is 0.654. The van der Waals surface area contributed by atoms with Crippen molar-refractivity contribution in [1.29, 1.82) is 0 Å². The lowest BCUT2D eigenvalue weighted by molar-refractivity contribution is 0.563. The molecule has 1 aromatic heterocycles. The molecule has 100 valence electrons. The van der Waals surface area contributed by atoms with E-state index >= 15 is 0 Å². The van der Waals surface area contributed by atoms with Gasteiger partial charge in [-0.3, -0.25) is 0 Å². The van der Waals surface area contributed by atoms with Crippen molar-refractivity contribution in [2.45, 2.75) is 36.8 Å². The number of thioether (sulfide) groups is 1. The number of nitrogens with one attached hydrogen (secondary N) is 1. The van der Waals surface area contributed by atoms with Gasteiger partial charge in [-0.2, -0.15) is 0 Å². The summed E-state index contributed by atoms with van der Waals surface area (Å²) >= 11 is 7.01. The predicted molar refractivity (Wildman–Crippen MR) is 84.1 cm³/mol. The average Bonchev–Trinajstić information content (AvgIpc) is 2.36. The highest BCUT2D eigenvalue weighted by Crippen LogP contribution is 2.23. The Morgan fingerprint density at radius 3 is 2.53 bits per heavy atom. The topological polar surface area (TPSA) is 28.7 Å². The Labute approximate surface area is 123 Å². The van der Waals surface area contributed by atoms with Gasteiger partial charge in [-0.1, -0.05) is 51.2 Å². The number of aromatic amines is 1. The van der Waals surface area contributed by atoms with Crippen molar-refractivity contribution in [2.24, 2.45) is 0 Å². The summed E-state index contributed by atoms with van der Waals surface area (Å²) in [6, 6.07) is 12.3. The monoisotopic (exact) mass is 290 g/mol. The molecule has 0 bridgehead atoms. The smallest absolute Gasteiger partial charge is 0.130 e. The van der Waals surface area contributed by atoms with Crippen LogP contribution in [0.2, 0.25) is 0 Å². The minimum Gasteiger partial charge on any atom is -0.346 e. The van der Waals surface area contributed by atoms with Crippen LogP contribution >= 0.6 is 24.0 Å². The minimum atomic E-state index is 0.0582. The molecule has 0 aliphatic rings. The zero-order chi connectivity index (χ0) is 13.9. The summed E-state index contributed by atoms with van der Waals surface area (Å²) in [6.07, 6.45) is 0. The van der Waals surface area contributed by atoms with E-state index in [4.69, 9.17) is 12.2 Å². The Morgan fingerprint density at radius 2 is 1.89 bits per heavy atom. The van der Waals surface area contributed by atoms with Gasteiger partial charge in [0.1, 0.15) is 10.5 Å². The normalized spacial score (nSPS) is 11.5. The Balaban J connectivity index is 2.17. The molecular weight excluding hydrogens is 272 g/mol. The lowest BCUT2D eigenvalue weighted by Crippen LogP contribution is -2.15. The number of benzene rings is 1. The highest BCUT2D eigenvalue weighted by molar-refractivity contribution is 7.98. The van der Waals surface area contributed by atoms with Gasteiger partial charge in [0.05, 0.1) is 5.75 Å². The molecule has 0 saturated carbocycles. The van der Waals surface area contributed by atoms with E-state index in [1.807, 2.05) is 24.3 Å². The van der Waals surface area contributed by atoms with Crippen LogP contribution < -0.4 is 0 Å². The molecule has 0 amide bonds. The van der Waals surface area contributed by atoms with E-state index in [9.17, 15) is 0 Å². The highest BCUT2D eigenvalue weighted by atomic mass is 32.2. The Hall–Kier alpha value is -1.13. The summed E-state index contributed by atoms with van der Waals surface area (Å²) < 4.78 is 0.660. The maximum absolute atomic E-state index is 5.25. The molecule has 0 radical (unpaired) electrons. The highest BCUT2D eigenvalue weighted by Gasteiger charge is 2.15. The second-order valence-electron chi connectivity index (χ2n) is 5.43. The van der Waals surface area contributed by atoms with E-state index in [0.29, 0.717) is 4.64 Å². The Bertz CT molecular complexity index is 598. The van der Waals surface area contributed by atoms with Crippen LogP contribution in [0.4, 0.5) is 0 Å². The molecule has 1 heterocycles. The summed E-state index contributed by atoms with van der Waals surface area (Å²) in [4.78, 5) is 9.04. The van der Waals surface area contributed by atoms with Crippen LogP contribution in [0.25, 0.3) is 0 Å². The van der Waals surface area contributed by atoms with Crippen molar-refractivity contribution in [3.8, 4) is 0 Å². The molecule has 2 aromatic rings. The molecule has 4 heteroatoms. The molecule has 0 atom stereocenters. The number of hydrogen-bond donors (Lipinski definition) is 1. The first kappa shape index (κ1) is 14.3. The maximum atomic E-state index is 5.25. The minimum absolute atomic E-state index is 0.0582. The zero-order valence-corrected chi connectivity index (χ0v) is 13.1. The zero-order valence-electron chi connectivity index (χ0n) is 11.4. The molecule has 0 fully saturated rings. The van der Waals surface area contributed by atoms with Crippen molar-refractivity contribution in [3.63, 3.8) is 0 Å². The van der Waals surface area contributed by atoms with Crippen LogP contribution in [0.1, 0.15) is 32.3 Å². The van der Waals surface area contributed by atoms with Crippen LogP contribution in [0.3, 0.4) is 0 Å². The second-order valence-corrected chi connectivity index (χ2v) is 6.90. The van der Waals surface area contributed by atoms with Crippen LogP contribution in [-0.2, 0) is 11.2 Å². The van der Waals surface area contributed by atoms with Crippen molar-refractivity contribution in [3.05, 3.63) is 52.6 Å². The molecule has 0 saturated heterocycles. The fraction of sp³-hybridized carbons (Fsp3) is 0.333. The number of hydrogen-bond acceptors (Lipinski definition) is 3. The second kappa shape index (κ2) is 5.88. The largest absolute Gasteiger partial charge is 0.346 e. The van der Waals surface area contributed by atoms with Crippen molar-refractivity contribution in [1.82, 2.24) is 9.97 Å². The van der Waals surface area contributed by atoms with Gasteiger partial charge in [0.25, 0.3) is 0 Å². The molecule has 0 spiro atoms. The third-order valence-electron chi connectivity index (χ3n) is 2.72. The standard InChI is InChI=1S/C15H18N2S2/c1-15(2,3)12-9-14(18)17-13(16-12)10-19-11-7-5-4-6-8-11/h4-9H,10H2,1-3H3,(H,16,17,18). The molecule has 2 nitrogen and oxygen atoms in total. The van der Waals surface area contributed by atoms with Crippen LogP contribution in [0, 0.1) is 4.64 Å². The Kier molecular flexibility index (Phi) is 4.42. The van der Waals surface area contributed by atoms with E-state index in [2.05, 4.69) is 42.9 Å². The first-order valence-electron chi connectivity index (χ1n) is 6.24. The third-order valence-corrected chi connectivity index (χ3v) is 3.95. The van der Waals surface area contributed by atoms with Gasteiger partial charge in [-0.25, -0.2) is 4.98 Å². The van der Waals surface area contributed by atoms with E-state index in [-0.39, 0.29) is 5.41 Å². The van der Waals surface area contributed by atoms with Gasteiger partial charge in [0.15, 0.2) is 0 Å². The van der Waals surface area contributed by atoms with Gasteiger partial charge in [-0.15, -0.1) is 11.8 Å². The molecule has 0 aliphatic heterocycles. The number of rotatable bonds is 3. The van der Waals surface area contributed by atoms with Crippen LogP contribution in [0.15, 0.2) is 41.3 Å². The summed E-state index contributed by atoms with van der Waals surface area (Å²) in [7, 11) is 0. The van der Waals surface area contributed by atoms with E-state index in [1.54, 1.807) is 11.8 Å². The summed E-state index contributed by atoms with van der Waals surface area (Å²) in [5.41, 5.74) is 1.19. The summed E-state index contributed by atoms with van der Waals surface area (Å²) in [5.74, 6) is 1.74. The van der Waals surface area contributed by atoms with Gasteiger partial charge < -0.3 is 4.98 Å². The Morgan fingerprint density at radius 1 is 1.21 bits per heavy atom. The number of nitrogens with zero attached hydrogens (tertiary/aromatic N) is 1. The van der Waals surface area contributed by atoms with Gasteiger partial charge in [0.2, 0.25) is 0 Å². The van der Waals surface area contributed by atoms with Crippen molar-refractivity contribution in [2.75, 3.05) is 0 Å². The molecular formula is C15H18N2S2. The molecule has 2 rings (SSSR count). The summed E-state index contributed by atoms with van der Waals surface area (Å²) in [5, 5.41) is 0. The molecule has 19 heavy (non-hydrogen) atoms. The average molecular weight is 290 g/mol.